The quantitative estimate of drug-likeness (QED) is 0.855. The van der Waals surface area contributed by atoms with Crippen molar-refractivity contribution in [3.8, 4) is 5.75 Å². The van der Waals surface area contributed by atoms with Crippen molar-refractivity contribution in [2.24, 2.45) is 5.92 Å². The Labute approximate surface area is 130 Å². The molecule has 0 aromatic heterocycles. The molecule has 0 radical (unpaired) electrons. The highest BCUT2D eigenvalue weighted by Crippen LogP contribution is 2.38. The first-order chi connectivity index (χ1) is 10.3. The molecule has 0 spiro atoms. The van der Waals surface area contributed by atoms with Gasteiger partial charge >= 0.3 is 5.97 Å². The molecule has 7 nitrogen and oxygen atoms in total. The number of carboxylic acid groups (broad SMARTS) is 1. The van der Waals surface area contributed by atoms with Crippen LogP contribution < -0.4 is 4.74 Å². The lowest BCUT2D eigenvalue weighted by molar-refractivity contribution is -0.141. The Morgan fingerprint density at radius 2 is 1.95 bits per heavy atom. The van der Waals surface area contributed by atoms with Crippen molar-refractivity contribution in [3.05, 3.63) is 29.8 Å². The zero-order chi connectivity index (χ0) is 16.5. The van der Waals surface area contributed by atoms with Crippen LogP contribution in [0.3, 0.4) is 0 Å². The van der Waals surface area contributed by atoms with Gasteiger partial charge in [-0.25, -0.2) is 0 Å². The minimum atomic E-state index is -3.64. The summed E-state index contributed by atoms with van der Waals surface area (Å²) in [7, 11) is 0.735. The van der Waals surface area contributed by atoms with E-state index in [1.165, 1.54) is 25.5 Å². The van der Waals surface area contributed by atoms with Gasteiger partial charge in [0.1, 0.15) is 5.75 Å². The Kier molecular flexibility index (Phi) is 4.74. The van der Waals surface area contributed by atoms with Gasteiger partial charge in [0.15, 0.2) is 0 Å². The second kappa shape index (κ2) is 6.23. The molecule has 0 bridgehead atoms. The van der Waals surface area contributed by atoms with E-state index in [0.717, 1.165) is 4.31 Å². The van der Waals surface area contributed by atoms with E-state index in [1.54, 1.807) is 24.3 Å². The van der Waals surface area contributed by atoms with Gasteiger partial charge in [-0.2, -0.15) is 17.0 Å². The highest BCUT2D eigenvalue weighted by molar-refractivity contribution is 7.86. The molecule has 1 fully saturated rings. The Hall–Kier alpha value is -1.64. The van der Waals surface area contributed by atoms with Crippen molar-refractivity contribution < 1.29 is 23.1 Å². The number of ether oxygens (including phenoxy) is 1. The van der Waals surface area contributed by atoms with Crippen molar-refractivity contribution in [1.82, 2.24) is 8.61 Å². The summed E-state index contributed by atoms with van der Waals surface area (Å²) in [4.78, 5) is 11.6. The number of hydrogen-bond acceptors (Lipinski definition) is 4. The van der Waals surface area contributed by atoms with Gasteiger partial charge in [0, 0.05) is 33.1 Å². The Morgan fingerprint density at radius 3 is 2.50 bits per heavy atom. The molecule has 2 rings (SSSR count). The second-order valence-corrected chi connectivity index (χ2v) is 7.54. The van der Waals surface area contributed by atoms with Gasteiger partial charge in [0.25, 0.3) is 10.2 Å². The lowest BCUT2D eigenvalue weighted by atomic mass is 9.88. The largest absolute Gasteiger partial charge is 0.496 e. The molecule has 0 aliphatic carbocycles. The van der Waals surface area contributed by atoms with Crippen LogP contribution in [0, 0.1) is 5.92 Å². The van der Waals surface area contributed by atoms with Crippen LogP contribution in [0.1, 0.15) is 11.5 Å². The van der Waals surface area contributed by atoms with Crippen molar-refractivity contribution in [2.75, 3.05) is 34.3 Å². The number of carboxylic acids is 1. The van der Waals surface area contributed by atoms with Crippen molar-refractivity contribution in [1.29, 1.82) is 0 Å². The molecule has 0 amide bonds. The van der Waals surface area contributed by atoms with E-state index >= 15 is 0 Å². The lowest BCUT2D eigenvalue weighted by Gasteiger charge is -2.21. The first kappa shape index (κ1) is 16.7. The summed E-state index contributed by atoms with van der Waals surface area (Å²) in [5.41, 5.74) is 0.717. The number of benzene rings is 1. The predicted molar refractivity (Wildman–Crippen MR) is 81.0 cm³/mol. The van der Waals surface area contributed by atoms with Gasteiger partial charge in [-0.1, -0.05) is 18.2 Å². The summed E-state index contributed by atoms with van der Waals surface area (Å²) in [5, 5.41) is 9.45. The van der Waals surface area contributed by atoms with Gasteiger partial charge < -0.3 is 9.84 Å². The normalized spacial score (nSPS) is 22.9. The molecule has 1 aromatic carbocycles. The van der Waals surface area contributed by atoms with Gasteiger partial charge in [-0.15, -0.1) is 0 Å². The third kappa shape index (κ3) is 2.94. The molecule has 22 heavy (non-hydrogen) atoms. The lowest BCUT2D eigenvalue weighted by Crippen LogP contribution is -2.39. The number of rotatable bonds is 5. The molecule has 2 atom stereocenters. The van der Waals surface area contributed by atoms with E-state index in [9.17, 15) is 18.3 Å². The highest BCUT2D eigenvalue weighted by atomic mass is 32.2. The molecular formula is C14H20N2O5S. The molecule has 1 aliphatic rings. The second-order valence-electron chi connectivity index (χ2n) is 5.40. The first-order valence-electron chi connectivity index (χ1n) is 6.82. The monoisotopic (exact) mass is 328 g/mol. The average molecular weight is 328 g/mol. The molecule has 8 heteroatoms. The summed E-state index contributed by atoms with van der Waals surface area (Å²) >= 11 is 0. The van der Waals surface area contributed by atoms with E-state index in [1.807, 2.05) is 0 Å². The predicted octanol–water partition coefficient (Wildman–Crippen LogP) is 0.602. The van der Waals surface area contributed by atoms with Gasteiger partial charge in [-0.05, 0) is 11.6 Å². The zero-order valence-electron chi connectivity index (χ0n) is 12.8. The van der Waals surface area contributed by atoms with Crippen LogP contribution in [0.2, 0.25) is 0 Å². The molecule has 0 unspecified atom stereocenters. The SMILES string of the molecule is COc1ccccc1[C@@H]1CN(S(=O)(=O)N(C)C)C[C@H]1C(=O)O. The van der Waals surface area contributed by atoms with Crippen LogP contribution in [0.4, 0.5) is 0 Å². The standard InChI is InChI=1S/C14H20N2O5S/c1-15(2)22(19,20)16-8-11(12(9-16)14(17)18)10-6-4-5-7-13(10)21-3/h4-7,11-12H,8-9H2,1-3H3,(H,17,18)/t11-,12+/m0/s1. The van der Waals surface area contributed by atoms with Crippen molar-refractivity contribution in [2.45, 2.75) is 5.92 Å². The molecule has 1 heterocycles. The third-order valence-corrected chi connectivity index (χ3v) is 5.80. The molecule has 122 valence electrons. The molecular weight excluding hydrogens is 308 g/mol. The zero-order valence-corrected chi connectivity index (χ0v) is 13.6. The van der Waals surface area contributed by atoms with Crippen molar-refractivity contribution >= 4 is 16.2 Å². The highest BCUT2D eigenvalue weighted by Gasteiger charge is 2.44. The maximum Gasteiger partial charge on any atom is 0.308 e. The van der Waals surface area contributed by atoms with E-state index in [4.69, 9.17) is 4.74 Å². The Balaban J connectivity index is 2.40. The van der Waals surface area contributed by atoms with Crippen LogP contribution in [-0.2, 0) is 15.0 Å². The maximum atomic E-state index is 12.3. The number of para-hydroxylation sites is 1. The summed E-state index contributed by atoms with van der Waals surface area (Å²) in [6.45, 7) is 0.0798. The molecule has 0 saturated carbocycles. The maximum absolute atomic E-state index is 12.3. The summed E-state index contributed by atoms with van der Waals surface area (Å²) in [6.07, 6.45) is 0. The van der Waals surface area contributed by atoms with Crippen LogP contribution in [-0.4, -0.2) is 62.4 Å². The number of carbonyl (C=O) groups is 1. The van der Waals surface area contributed by atoms with Crippen LogP contribution >= 0.6 is 0 Å². The minimum absolute atomic E-state index is 0.0431. The van der Waals surface area contributed by atoms with E-state index < -0.39 is 28.0 Å². The van der Waals surface area contributed by atoms with E-state index in [0.29, 0.717) is 11.3 Å². The topological polar surface area (TPSA) is 87.2 Å². The molecule has 1 saturated heterocycles. The van der Waals surface area contributed by atoms with Crippen molar-refractivity contribution in [3.63, 3.8) is 0 Å². The fraction of sp³-hybridized carbons (Fsp3) is 0.500. The minimum Gasteiger partial charge on any atom is -0.496 e. The Morgan fingerprint density at radius 1 is 1.32 bits per heavy atom. The van der Waals surface area contributed by atoms with Crippen LogP contribution in [0.15, 0.2) is 24.3 Å². The van der Waals surface area contributed by atoms with Gasteiger partial charge in [0.2, 0.25) is 0 Å². The fourth-order valence-corrected chi connectivity index (χ4v) is 3.89. The summed E-state index contributed by atoms with van der Waals surface area (Å²) in [6, 6.07) is 7.11. The number of hydrogen-bond donors (Lipinski definition) is 1. The summed E-state index contributed by atoms with van der Waals surface area (Å²) < 4.78 is 32.1. The van der Waals surface area contributed by atoms with Crippen LogP contribution in [0.5, 0.6) is 5.75 Å². The average Bonchev–Trinajstić information content (AvgIpc) is 2.92. The summed E-state index contributed by atoms with van der Waals surface area (Å²) in [5.74, 6) is -1.68. The van der Waals surface area contributed by atoms with E-state index in [-0.39, 0.29) is 13.1 Å². The molecule has 1 aliphatic heterocycles. The Bertz CT molecular complexity index is 659. The number of methoxy groups -OCH3 is 1. The van der Waals surface area contributed by atoms with E-state index in [2.05, 4.69) is 0 Å². The van der Waals surface area contributed by atoms with Gasteiger partial charge in [0.05, 0.1) is 13.0 Å². The first-order valence-corrected chi connectivity index (χ1v) is 8.22. The third-order valence-electron chi connectivity index (χ3n) is 3.93. The van der Waals surface area contributed by atoms with Crippen LogP contribution in [0.25, 0.3) is 0 Å². The molecule has 1 aromatic rings. The smallest absolute Gasteiger partial charge is 0.308 e. The van der Waals surface area contributed by atoms with Gasteiger partial charge in [-0.3, -0.25) is 4.79 Å². The fourth-order valence-electron chi connectivity index (χ4n) is 2.73. The molecule has 1 N–H and O–H groups in total. The number of nitrogens with zero attached hydrogens (tertiary/aromatic N) is 2. The number of aliphatic carboxylic acids is 1.